The fraction of sp³-hybridized carbons (Fsp3) is 0.345. The average molecular weight is 428 g/mol. The van der Waals surface area contributed by atoms with E-state index in [0.29, 0.717) is 0 Å². The van der Waals surface area contributed by atoms with Gasteiger partial charge in [-0.25, -0.2) is 0 Å². The van der Waals surface area contributed by atoms with Crippen LogP contribution in [0.5, 0.6) is 0 Å². The van der Waals surface area contributed by atoms with Crippen LogP contribution in [0.4, 0.5) is 0 Å². The molecule has 0 saturated carbocycles. The van der Waals surface area contributed by atoms with Crippen LogP contribution in [-0.2, 0) is 6.54 Å². The van der Waals surface area contributed by atoms with Gasteiger partial charge in [0.05, 0.1) is 17.2 Å². The molecule has 0 aliphatic carbocycles. The van der Waals surface area contributed by atoms with Gasteiger partial charge in [-0.05, 0) is 87.4 Å². The second-order valence-electron chi connectivity index (χ2n) is 9.18. The van der Waals surface area contributed by atoms with E-state index in [9.17, 15) is 9.90 Å². The lowest BCUT2D eigenvalue weighted by Gasteiger charge is -2.15. The van der Waals surface area contributed by atoms with E-state index in [-0.39, 0.29) is 11.9 Å². The number of nitrogens with zero attached hydrogens (tertiary/aromatic N) is 1. The van der Waals surface area contributed by atoms with Crippen LogP contribution < -0.4 is 0 Å². The van der Waals surface area contributed by atoms with E-state index in [0.717, 1.165) is 57.9 Å². The van der Waals surface area contributed by atoms with Gasteiger partial charge in [0.2, 0.25) is 0 Å². The highest BCUT2D eigenvalue weighted by molar-refractivity contribution is 6.23. The Bertz CT molecular complexity index is 1340. The summed E-state index contributed by atoms with van der Waals surface area (Å²) in [6.45, 7) is 13.3. The summed E-state index contributed by atoms with van der Waals surface area (Å²) in [5.74, 6) is 0.0873. The molecule has 0 fully saturated rings. The Balaban J connectivity index is 2.00. The van der Waals surface area contributed by atoms with Gasteiger partial charge in [-0.2, -0.15) is 0 Å². The highest BCUT2D eigenvalue weighted by atomic mass is 16.3. The zero-order chi connectivity index (χ0) is 23.2. The summed E-state index contributed by atoms with van der Waals surface area (Å²) in [5, 5.41) is 12.9. The zero-order valence-electron chi connectivity index (χ0n) is 20.0. The molecule has 0 spiro atoms. The lowest BCUT2D eigenvalue weighted by atomic mass is 9.90. The van der Waals surface area contributed by atoms with Crippen molar-refractivity contribution in [3.05, 3.63) is 81.5 Å². The smallest absolute Gasteiger partial charge is 0.196 e. The Morgan fingerprint density at radius 2 is 1.56 bits per heavy atom. The quantitative estimate of drug-likeness (QED) is 0.347. The number of carbonyl (C=O) groups excluding carboxylic acids is 1. The fourth-order valence-electron chi connectivity index (χ4n) is 5.08. The summed E-state index contributed by atoms with van der Waals surface area (Å²) < 4.78 is 2.31. The Morgan fingerprint density at radius 1 is 0.906 bits per heavy atom. The van der Waals surface area contributed by atoms with Crippen molar-refractivity contribution in [2.45, 2.75) is 67.0 Å². The van der Waals surface area contributed by atoms with Gasteiger partial charge in [0, 0.05) is 23.2 Å². The molecule has 1 atom stereocenters. The van der Waals surface area contributed by atoms with Crippen molar-refractivity contribution in [3.8, 4) is 0 Å². The molecular weight excluding hydrogens is 394 g/mol. The number of benzene rings is 3. The van der Waals surface area contributed by atoms with Gasteiger partial charge in [-0.1, -0.05) is 42.5 Å². The second kappa shape index (κ2) is 8.55. The van der Waals surface area contributed by atoms with Crippen LogP contribution >= 0.6 is 0 Å². The van der Waals surface area contributed by atoms with Gasteiger partial charge in [-0.15, -0.1) is 0 Å². The SMILES string of the molecule is Cc1c(C)c(C)c2c(c1C)c(C(=O)c1cccc3ccccc13)c(C)n2CCCC(C)O. The molecule has 1 heterocycles. The second-order valence-corrected chi connectivity index (χ2v) is 9.18. The first-order valence-corrected chi connectivity index (χ1v) is 11.5. The van der Waals surface area contributed by atoms with E-state index < -0.39 is 0 Å². The molecule has 1 N–H and O–H groups in total. The van der Waals surface area contributed by atoms with Crippen LogP contribution in [0.15, 0.2) is 42.5 Å². The van der Waals surface area contributed by atoms with Crippen LogP contribution in [0.1, 0.15) is 63.6 Å². The van der Waals surface area contributed by atoms with E-state index in [1.807, 2.05) is 37.3 Å². The number of hydrogen-bond donors (Lipinski definition) is 1. The van der Waals surface area contributed by atoms with Gasteiger partial charge in [0.15, 0.2) is 5.78 Å². The normalized spacial score (nSPS) is 12.6. The molecule has 0 aliphatic rings. The third-order valence-electron chi connectivity index (χ3n) is 7.21. The lowest BCUT2D eigenvalue weighted by Crippen LogP contribution is -2.08. The monoisotopic (exact) mass is 427 g/mol. The molecule has 3 aromatic carbocycles. The van der Waals surface area contributed by atoms with Crippen molar-refractivity contribution < 1.29 is 9.90 Å². The molecular formula is C29H33NO2. The van der Waals surface area contributed by atoms with Crippen LogP contribution in [0.3, 0.4) is 0 Å². The molecule has 1 aromatic heterocycles. The van der Waals surface area contributed by atoms with Crippen molar-refractivity contribution in [3.63, 3.8) is 0 Å². The summed E-state index contributed by atoms with van der Waals surface area (Å²) in [7, 11) is 0. The van der Waals surface area contributed by atoms with Crippen molar-refractivity contribution in [1.29, 1.82) is 0 Å². The molecule has 0 saturated heterocycles. The van der Waals surface area contributed by atoms with Crippen molar-refractivity contribution >= 4 is 27.5 Å². The number of aliphatic hydroxyl groups excluding tert-OH is 1. The number of aliphatic hydroxyl groups is 1. The lowest BCUT2D eigenvalue weighted by molar-refractivity contribution is 0.104. The fourth-order valence-corrected chi connectivity index (χ4v) is 5.08. The van der Waals surface area contributed by atoms with Gasteiger partial charge >= 0.3 is 0 Å². The summed E-state index contributed by atoms with van der Waals surface area (Å²) in [5.41, 5.74) is 8.71. The molecule has 3 nitrogen and oxygen atoms in total. The van der Waals surface area contributed by atoms with Crippen LogP contribution in [0.2, 0.25) is 0 Å². The predicted molar refractivity (Wildman–Crippen MR) is 134 cm³/mol. The summed E-state index contributed by atoms with van der Waals surface area (Å²) in [6.07, 6.45) is 1.30. The molecule has 1 unspecified atom stereocenters. The molecule has 4 rings (SSSR count). The van der Waals surface area contributed by atoms with E-state index >= 15 is 0 Å². The van der Waals surface area contributed by atoms with Gasteiger partial charge < -0.3 is 9.67 Å². The van der Waals surface area contributed by atoms with E-state index in [4.69, 9.17) is 0 Å². The van der Waals surface area contributed by atoms with Crippen LogP contribution in [0.25, 0.3) is 21.7 Å². The maximum absolute atomic E-state index is 14.1. The van der Waals surface area contributed by atoms with Gasteiger partial charge in [0.25, 0.3) is 0 Å². The third kappa shape index (κ3) is 3.55. The Labute approximate surface area is 190 Å². The predicted octanol–water partition coefficient (Wildman–Crippen LogP) is 6.73. The maximum Gasteiger partial charge on any atom is 0.196 e. The van der Waals surface area contributed by atoms with Crippen molar-refractivity contribution in [2.24, 2.45) is 0 Å². The number of aryl methyl sites for hydroxylation is 3. The topological polar surface area (TPSA) is 42.2 Å². The summed E-state index contributed by atoms with van der Waals surface area (Å²) >= 11 is 0. The molecule has 32 heavy (non-hydrogen) atoms. The maximum atomic E-state index is 14.1. The van der Waals surface area contributed by atoms with Gasteiger partial charge in [-0.3, -0.25) is 4.79 Å². The number of carbonyl (C=O) groups is 1. The van der Waals surface area contributed by atoms with Crippen LogP contribution in [0, 0.1) is 34.6 Å². The first-order chi connectivity index (χ1) is 15.2. The number of hydrogen-bond acceptors (Lipinski definition) is 2. The standard InChI is InChI=1S/C29H33NO2/c1-17(31)11-10-16-30-22(6)27(26-20(4)18(2)19(3)21(5)28(26)30)29(32)25-15-9-13-23-12-7-8-14-24(23)25/h7-9,12-15,17,31H,10-11,16H2,1-6H3. The van der Waals surface area contributed by atoms with E-state index in [1.54, 1.807) is 0 Å². The zero-order valence-corrected chi connectivity index (χ0v) is 20.0. The Hall–Kier alpha value is -2.91. The molecule has 3 heteroatoms. The molecule has 0 amide bonds. The minimum absolute atomic E-state index is 0.0873. The number of fused-ring (bicyclic) bond motifs is 2. The molecule has 166 valence electrons. The molecule has 0 bridgehead atoms. The minimum atomic E-state index is -0.319. The van der Waals surface area contributed by atoms with E-state index in [2.05, 4.69) is 51.3 Å². The number of ketones is 1. The largest absolute Gasteiger partial charge is 0.393 e. The summed E-state index contributed by atoms with van der Waals surface area (Å²) in [6, 6.07) is 14.1. The first-order valence-electron chi connectivity index (χ1n) is 11.5. The highest BCUT2D eigenvalue weighted by Crippen LogP contribution is 2.37. The van der Waals surface area contributed by atoms with Crippen molar-refractivity contribution in [2.75, 3.05) is 0 Å². The molecule has 0 aliphatic heterocycles. The highest BCUT2D eigenvalue weighted by Gasteiger charge is 2.26. The third-order valence-corrected chi connectivity index (χ3v) is 7.21. The Kier molecular flexibility index (Phi) is 5.96. The molecule has 4 aromatic rings. The number of aromatic nitrogens is 1. The number of rotatable bonds is 6. The van der Waals surface area contributed by atoms with Crippen molar-refractivity contribution in [1.82, 2.24) is 4.57 Å². The van der Waals surface area contributed by atoms with Gasteiger partial charge in [0.1, 0.15) is 0 Å². The first kappa shape index (κ1) is 22.3. The summed E-state index contributed by atoms with van der Waals surface area (Å²) in [4.78, 5) is 14.1. The van der Waals surface area contributed by atoms with Crippen LogP contribution in [-0.4, -0.2) is 21.6 Å². The molecule has 0 radical (unpaired) electrons. The Morgan fingerprint density at radius 3 is 2.28 bits per heavy atom. The van der Waals surface area contributed by atoms with E-state index in [1.165, 1.54) is 22.3 Å². The average Bonchev–Trinajstić information content (AvgIpc) is 3.07. The minimum Gasteiger partial charge on any atom is -0.393 e.